The molecule has 14 aliphatic carbocycles. The van der Waals surface area contributed by atoms with Gasteiger partial charge in [0, 0.05) is 50.7 Å². The van der Waals surface area contributed by atoms with Gasteiger partial charge in [0.2, 0.25) is 17.7 Å². The second kappa shape index (κ2) is 16.9. The minimum Gasteiger partial charge on any atom is -0.342 e. The third-order valence-electron chi connectivity index (χ3n) is 27.5. The number of hydrogen-bond donors (Lipinski definition) is 0. The molecule has 0 radical (unpaired) electrons. The summed E-state index contributed by atoms with van der Waals surface area (Å²) in [5, 5.41) is 0. The Balaban J connectivity index is 0.0000000928. The fourth-order valence-corrected chi connectivity index (χ4v) is 21.5. The van der Waals surface area contributed by atoms with Gasteiger partial charge >= 0.3 is 0 Å². The lowest BCUT2D eigenvalue weighted by molar-refractivity contribution is -0.597. The number of rotatable bonds is 8. The average molecular weight is 976 g/mol. The number of piperidine rings is 4. The van der Waals surface area contributed by atoms with Crippen molar-refractivity contribution < 1.29 is 14.4 Å². The largest absolute Gasteiger partial charge is 0.342 e. The standard InChI is InChI=1S/C18H25NO.C16H25NO.C15H25NO.C15H27N/c1-8(2)17(3)4-6-19(7-5-17)16(20)18-13-10-9-11(13)15(18)12(9)14(10)18;1-11(2)12-3-9-17(10-4-12)14(18)13-15(5-6-15)16(13)7-8-16;1-11(2)13-4-7-16(8-5-13)14(17)15-6-3-12(9-15)10-15;1-12(2)13-4-8-16(9-5-13)14-10-15(11-14)6-3-7-15/h8-15H,4-7H2,1-3H3;11-13H,3-10H2,1-2H3;11-13H,3-10H2,1-2H3;12-14H,3-11H2,1-2H3. The molecule has 7 nitrogen and oxygen atoms in total. The van der Waals surface area contributed by atoms with Crippen LogP contribution in [0, 0.1) is 127 Å². The summed E-state index contributed by atoms with van der Waals surface area (Å²) in [6, 6.07) is 0.980. The molecule has 0 aromatic rings. The van der Waals surface area contributed by atoms with Crippen molar-refractivity contribution in [3.05, 3.63) is 0 Å². The number of amides is 3. The summed E-state index contributed by atoms with van der Waals surface area (Å²) >= 11 is 0. The number of nitrogens with zero attached hydrogens (tertiary/aromatic N) is 4. The summed E-state index contributed by atoms with van der Waals surface area (Å²) in [7, 11) is 0. The summed E-state index contributed by atoms with van der Waals surface area (Å²) < 4.78 is 0. The van der Waals surface area contributed by atoms with Crippen LogP contribution in [0.3, 0.4) is 0 Å². The van der Waals surface area contributed by atoms with Crippen LogP contribution < -0.4 is 0 Å². The molecule has 14 saturated carbocycles. The monoisotopic (exact) mass is 975 g/mol. The topological polar surface area (TPSA) is 64.2 Å². The van der Waals surface area contributed by atoms with Crippen molar-refractivity contribution in [2.45, 2.75) is 203 Å². The summed E-state index contributed by atoms with van der Waals surface area (Å²) in [5.74, 6) is 15.7. The first-order chi connectivity index (χ1) is 33.9. The summed E-state index contributed by atoms with van der Waals surface area (Å²) in [6.07, 6.45) is 28.3. The summed E-state index contributed by atoms with van der Waals surface area (Å²) in [4.78, 5) is 47.8. The van der Waals surface area contributed by atoms with Gasteiger partial charge in [0.1, 0.15) is 0 Å². The van der Waals surface area contributed by atoms with Gasteiger partial charge in [0.25, 0.3) is 0 Å². The summed E-state index contributed by atoms with van der Waals surface area (Å²) in [5.41, 5.74) is 2.76. The fourth-order valence-electron chi connectivity index (χ4n) is 21.5. The van der Waals surface area contributed by atoms with Crippen LogP contribution in [0.1, 0.15) is 197 Å². The van der Waals surface area contributed by atoms with Gasteiger partial charge in [-0.3, -0.25) is 14.4 Å². The molecule has 4 heterocycles. The van der Waals surface area contributed by atoms with Crippen LogP contribution in [-0.4, -0.2) is 95.7 Å². The van der Waals surface area contributed by atoms with Crippen molar-refractivity contribution in [1.29, 1.82) is 0 Å². The molecule has 0 N–H and O–H groups in total. The van der Waals surface area contributed by atoms with E-state index in [1.165, 1.54) is 122 Å². The van der Waals surface area contributed by atoms with Gasteiger partial charge in [-0.1, -0.05) is 68.7 Å². The van der Waals surface area contributed by atoms with Crippen molar-refractivity contribution in [3.8, 4) is 0 Å². The maximum absolute atomic E-state index is 13.1. The molecule has 0 atom stereocenters. The van der Waals surface area contributed by atoms with Crippen LogP contribution >= 0.6 is 0 Å². The Morgan fingerprint density at radius 3 is 1.31 bits per heavy atom. The zero-order valence-electron chi connectivity index (χ0n) is 46.8. The van der Waals surface area contributed by atoms with E-state index in [0.29, 0.717) is 39.9 Å². The lowest BCUT2D eigenvalue weighted by atomic mass is 8.96. The highest BCUT2D eigenvalue weighted by molar-refractivity contribution is 5.92. The molecule has 18 aliphatic rings. The van der Waals surface area contributed by atoms with Crippen molar-refractivity contribution in [3.63, 3.8) is 0 Å². The van der Waals surface area contributed by atoms with E-state index in [-0.39, 0.29) is 10.8 Å². The van der Waals surface area contributed by atoms with E-state index in [4.69, 9.17) is 0 Å². The molecule has 2 bridgehead atoms. The molecule has 4 aliphatic heterocycles. The van der Waals surface area contributed by atoms with Gasteiger partial charge in [0.05, 0.1) is 11.3 Å². The van der Waals surface area contributed by atoms with Crippen LogP contribution in [0.2, 0.25) is 0 Å². The molecular weight excluding hydrogens is 873 g/mol. The number of fused-ring (bicyclic) bond motifs is 2. The Bertz CT molecular complexity index is 1970. The van der Waals surface area contributed by atoms with E-state index in [1.807, 2.05) is 0 Å². The number of hydrogen-bond acceptors (Lipinski definition) is 4. The highest BCUT2D eigenvalue weighted by Gasteiger charge is 3.06. The highest BCUT2D eigenvalue weighted by Crippen LogP contribution is 3.06. The Labute approximate surface area is 432 Å². The maximum atomic E-state index is 13.1. The molecule has 18 rings (SSSR count). The van der Waals surface area contributed by atoms with Crippen molar-refractivity contribution in [2.24, 2.45) is 127 Å². The third kappa shape index (κ3) is 7.00. The zero-order valence-corrected chi connectivity index (χ0v) is 46.8. The molecule has 396 valence electrons. The molecule has 4 saturated heterocycles. The first kappa shape index (κ1) is 49.0. The predicted molar refractivity (Wildman–Crippen MR) is 284 cm³/mol. The third-order valence-corrected chi connectivity index (χ3v) is 27.5. The van der Waals surface area contributed by atoms with Gasteiger partial charge in [-0.05, 0) is 252 Å². The smallest absolute Gasteiger partial charge is 0.229 e. The molecule has 0 aromatic heterocycles. The molecule has 18 fully saturated rings. The van der Waals surface area contributed by atoms with E-state index in [0.717, 1.165) is 139 Å². The minimum absolute atomic E-state index is 0.120. The number of carbonyl (C=O) groups excluding carboxylic acids is 3. The second-order valence-corrected chi connectivity index (χ2v) is 31.1. The van der Waals surface area contributed by atoms with Gasteiger partial charge in [-0.25, -0.2) is 0 Å². The second-order valence-electron chi connectivity index (χ2n) is 31.1. The molecule has 7 heteroatoms. The maximum Gasteiger partial charge on any atom is 0.229 e. The lowest BCUT2D eigenvalue weighted by Gasteiger charge is -3.06. The van der Waals surface area contributed by atoms with E-state index < -0.39 is 0 Å². The van der Waals surface area contributed by atoms with Gasteiger partial charge in [0.15, 0.2) is 0 Å². The SMILES string of the molecule is CC(C)C1(C)CCN(C(=O)C23C4C5C6C4C2C6C53)CC1.CC(C)C1CCN(C(=O)C23CCC(C2)C3)CC1.CC(C)C1CCN(C(=O)C2C3(CC3)C23CC3)CC1.CC(C)C1CCN(C2CC3(CCC3)C2)CC1. The zero-order chi connectivity index (χ0) is 49.4. The average Bonchev–Trinajstić information content (AvgIpc) is 4.30. The Morgan fingerprint density at radius 2 is 0.915 bits per heavy atom. The number of likely N-dealkylation sites (tertiary alicyclic amines) is 4. The highest BCUT2D eigenvalue weighted by atomic mass is 16.2. The van der Waals surface area contributed by atoms with Crippen LogP contribution in [-0.2, 0) is 14.4 Å². The van der Waals surface area contributed by atoms with E-state index in [1.54, 1.807) is 25.7 Å². The van der Waals surface area contributed by atoms with Crippen molar-refractivity contribution in [2.75, 3.05) is 52.4 Å². The summed E-state index contributed by atoms with van der Waals surface area (Å²) in [6.45, 7) is 30.1. The van der Waals surface area contributed by atoms with Crippen LogP contribution in [0.15, 0.2) is 0 Å². The normalized spacial score (nSPS) is 42.4. The van der Waals surface area contributed by atoms with Gasteiger partial charge < -0.3 is 19.6 Å². The molecule has 3 amide bonds. The first-order valence-corrected chi connectivity index (χ1v) is 31.5. The van der Waals surface area contributed by atoms with Crippen LogP contribution in [0.4, 0.5) is 0 Å². The quantitative estimate of drug-likeness (QED) is 0.243. The molecule has 3 spiro atoms. The Hall–Kier alpha value is -1.63. The van der Waals surface area contributed by atoms with Crippen molar-refractivity contribution in [1.82, 2.24) is 19.6 Å². The molecule has 0 unspecified atom stereocenters. The van der Waals surface area contributed by atoms with Crippen LogP contribution in [0.25, 0.3) is 0 Å². The first-order valence-electron chi connectivity index (χ1n) is 31.5. The lowest BCUT2D eigenvalue weighted by Crippen LogP contribution is -3.07. The van der Waals surface area contributed by atoms with Crippen molar-refractivity contribution >= 4 is 17.7 Å². The Morgan fingerprint density at radius 1 is 0.465 bits per heavy atom. The van der Waals surface area contributed by atoms with E-state index >= 15 is 0 Å². The van der Waals surface area contributed by atoms with Gasteiger partial charge in [-0.2, -0.15) is 0 Å². The molecule has 0 aromatic carbocycles. The molecule has 71 heavy (non-hydrogen) atoms. The van der Waals surface area contributed by atoms with E-state index in [9.17, 15) is 14.4 Å². The van der Waals surface area contributed by atoms with E-state index in [2.05, 4.69) is 81.9 Å². The minimum atomic E-state index is 0.120. The van der Waals surface area contributed by atoms with Gasteiger partial charge in [-0.15, -0.1) is 0 Å². The number of carbonyl (C=O) groups is 3. The van der Waals surface area contributed by atoms with Crippen LogP contribution in [0.5, 0.6) is 0 Å². The fraction of sp³-hybridized carbons (Fsp3) is 0.953. The predicted octanol–water partition coefficient (Wildman–Crippen LogP) is 12.5. The Kier molecular flexibility index (Phi) is 11.7. The molecular formula is C64H102N4O3.